The molecular formula is C8H4INO2. The number of aliphatic imine (C=N–C) groups is 1. The number of benzene rings is 1. The summed E-state index contributed by atoms with van der Waals surface area (Å²) in [6, 6.07) is 6.84. The molecule has 0 aromatic heterocycles. The van der Waals surface area contributed by atoms with E-state index < -0.39 is 5.91 Å². The number of amides is 1. The molecule has 0 saturated carbocycles. The Morgan fingerprint density at radius 1 is 1.50 bits per heavy atom. The lowest BCUT2D eigenvalue weighted by Gasteiger charge is -1.93. The van der Waals surface area contributed by atoms with E-state index in [1.165, 1.54) is 6.08 Å². The Hall–Kier alpha value is -1.000. The van der Waals surface area contributed by atoms with E-state index in [2.05, 4.69) is 27.6 Å². The fourth-order valence-corrected chi connectivity index (χ4v) is 1.27. The first-order valence-corrected chi connectivity index (χ1v) is 4.19. The maximum Gasteiger partial charge on any atom is 0.287 e. The molecule has 0 aliphatic carbocycles. The van der Waals surface area contributed by atoms with Gasteiger partial charge >= 0.3 is 0 Å². The van der Waals surface area contributed by atoms with Crippen molar-refractivity contribution in [2.24, 2.45) is 4.99 Å². The number of hydrogen-bond donors (Lipinski definition) is 0. The van der Waals surface area contributed by atoms with Crippen molar-refractivity contribution in [3.63, 3.8) is 0 Å². The molecule has 0 heterocycles. The van der Waals surface area contributed by atoms with Gasteiger partial charge in [-0.1, -0.05) is 6.07 Å². The van der Waals surface area contributed by atoms with E-state index in [0.717, 1.165) is 3.57 Å². The van der Waals surface area contributed by atoms with Gasteiger partial charge in [-0.25, -0.2) is 4.79 Å². The molecule has 1 rings (SSSR count). The Labute approximate surface area is 82.6 Å². The Morgan fingerprint density at radius 2 is 2.25 bits per heavy atom. The standard InChI is InChI=1S/C8H4INO2/c9-7-3-1-2-6(4-7)8(12)10-5-11/h1-4H. The number of hydrogen-bond acceptors (Lipinski definition) is 2. The third-order valence-corrected chi connectivity index (χ3v) is 1.89. The molecule has 12 heavy (non-hydrogen) atoms. The lowest BCUT2D eigenvalue weighted by atomic mass is 10.2. The molecule has 1 amide bonds. The average Bonchev–Trinajstić information content (AvgIpc) is 2.05. The highest BCUT2D eigenvalue weighted by molar-refractivity contribution is 14.1. The Morgan fingerprint density at radius 3 is 2.83 bits per heavy atom. The highest BCUT2D eigenvalue weighted by atomic mass is 127. The fraction of sp³-hybridized carbons (Fsp3) is 0. The highest BCUT2D eigenvalue weighted by Crippen LogP contribution is 2.08. The van der Waals surface area contributed by atoms with Gasteiger partial charge in [-0.2, -0.15) is 0 Å². The third-order valence-electron chi connectivity index (χ3n) is 1.22. The monoisotopic (exact) mass is 273 g/mol. The molecule has 0 unspecified atom stereocenters. The fourth-order valence-electron chi connectivity index (χ4n) is 0.728. The Kier molecular flexibility index (Phi) is 3.13. The minimum absolute atomic E-state index is 0.408. The molecule has 0 saturated heterocycles. The first kappa shape index (κ1) is 9.09. The van der Waals surface area contributed by atoms with Crippen LogP contribution >= 0.6 is 22.6 Å². The predicted octanol–water partition coefficient (Wildman–Crippen LogP) is 1.77. The van der Waals surface area contributed by atoms with Crippen LogP contribution < -0.4 is 0 Å². The van der Waals surface area contributed by atoms with Crippen LogP contribution in [0.25, 0.3) is 0 Å². The minimum atomic E-state index is -0.552. The van der Waals surface area contributed by atoms with Crippen molar-refractivity contribution in [1.29, 1.82) is 0 Å². The number of isocyanates is 1. The zero-order valence-corrected chi connectivity index (χ0v) is 8.11. The summed E-state index contributed by atoms with van der Waals surface area (Å²) in [5.41, 5.74) is 0.408. The quantitative estimate of drug-likeness (QED) is 0.444. The van der Waals surface area contributed by atoms with Crippen molar-refractivity contribution in [2.75, 3.05) is 0 Å². The molecule has 0 fully saturated rings. The summed E-state index contributed by atoms with van der Waals surface area (Å²) in [5, 5.41) is 0. The molecule has 0 atom stereocenters. The summed E-state index contributed by atoms with van der Waals surface area (Å²) in [7, 11) is 0. The van der Waals surface area contributed by atoms with Gasteiger partial charge in [-0.3, -0.25) is 4.79 Å². The Balaban J connectivity index is 3.03. The second-order valence-electron chi connectivity index (χ2n) is 2.02. The van der Waals surface area contributed by atoms with Crippen LogP contribution in [0.15, 0.2) is 29.3 Å². The number of halogens is 1. The smallest absolute Gasteiger partial charge is 0.266 e. The van der Waals surface area contributed by atoms with E-state index in [1.54, 1.807) is 18.2 Å². The topological polar surface area (TPSA) is 46.5 Å². The lowest BCUT2D eigenvalue weighted by molar-refractivity contribution is 0.100. The Bertz CT molecular complexity index is 356. The van der Waals surface area contributed by atoms with Crippen LogP contribution in [0.3, 0.4) is 0 Å². The van der Waals surface area contributed by atoms with Crippen LogP contribution in [0.1, 0.15) is 10.4 Å². The van der Waals surface area contributed by atoms with Gasteiger partial charge in [-0.15, -0.1) is 4.99 Å². The van der Waals surface area contributed by atoms with Gasteiger partial charge in [0.25, 0.3) is 5.91 Å². The number of carbonyl (C=O) groups is 1. The van der Waals surface area contributed by atoms with Crippen LogP contribution in [0.5, 0.6) is 0 Å². The number of nitrogens with zero attached hydrogens (tertiary/aromatic N) is 1. The zero-order chi connectivity index (χ0) is 8.97. The van der Waals surface area contributed by atoms with Gasteiger partial charge in [0, 0.05) is 9.13 Å². The van der Waals surface area contributed by atoms with E-state index in [-0.39, 0.29) is 0 Å². The van der Waals surface area contributed by atoms with Gasteiger partial charge in [0.15, 0.2) is 0 Å². The van der Waals surface area contributed by atoms with Crippen molar-refractivity contribution < 1.29 is 9.59 Å². The van der Waals surface area contributed by atoms with Gasteiger partial charge in [-0.05, 0) is 40.8 Å². The highest BCUT2D eigenvalue weighted by Gasteiger charge is 2.02. The van der Waals surface area contributed by atoms with E-state index >= 15 is 0 Å². The maximum absolute atomic E-state index is 11.0. The molecular weight excluding hydrogens is 269 g/mol. The predicted molar refractivity (Wildman–Crippen MR) is 51.6 cm³/mol. The molecule has 0 N–H and O–H groups in total. The number of carbonyl (C=O) groups excluding carboxylic acids is 2. The molecule has 60 valence electrons. The van der Waals surface area contributed by atoms with E-state index in [1.807, 2.05) is 6.07 Å². The molecule has 4 heteroatoms. The third kappa shape index (κ3) is 2.25. The first-order valence-electron chi connectivity index (χ1n) is 3.12. The van der Waals surface area contributed by atoms with Crippen LogP contribution in [-0.2, 0) is 4.79 Å². The van der Waals surface area contributed by atoms with E-state index in [0.29, 0.717) is 5.56 Å². The molecule has 0 spiro atoms. The van der Waals surface area contributed by atoms with E-state index in [4.69, 9.17) is 0 Å². The molecule has 3 nitrogen and oxygen atoms in total. The van der Waals surface area contributed by atoms with Crippen LogP contribution in [-0.4, -0.2) is 12.0 Å². The van der Waals surface area contributed by atoms with Crippen LogP contribution in [0, 0.1) is 3.57 Å². The average molecular weight is 273 g/mol. The molecule has 1 aromatic rings. The summed E-state index contributed by atoms with van der Waals surface area (Å²) in [6.45, 7) is 0. The van der Waals surface area contributed by atoms with Gasteiger partial charge < -0.3 is 0 Å². The molecule has 0 aliphatic heterocycles. The van der Waals surface area contributed by atoms with Crippen molar-refractivity contribution in [2.45, 2.75) is 0 Å². The van der Waals surface area contributed by atoms with Crippen LogP contribution in [0.4, 0.5) is 0 Å². The molecule has 0 aliphatic rings. The normalized spacial score (nSPS) is 8.75. The largest absolute Gasteiger partial charge is 0.287 e. The summed E-state index contributed by atoms with van der Waals surface area (Å²) in [5.74, 6) is -0.552. The van der Waals surface area contributed by atoms with Gasteiger partial charge in [0.2, 0.25) is 6.08 Å². The second-order valence-corrected chi connectivity index (χ2v) is 3.26. The second kappa shape index (κ2) is 4.13. The summed E-state index contributed by atoms with van der Waals surface area (Å²) < 4.78 is 0.930. The zero-order valence-electron chi connectivity index (χ0n) is 5.95. The first-order chi connectivity index (χ1) is 5.74. The van der Waals surface area contributed by atoms with Crippen molar-refractivity contribution in [3.05, 3.63) is 33.4 Å². The minimum Gasteiger partial charge on any atom is -0.266 e. The SMILES string of the molecule is O=C=NC(=O)c1cccc(I)c1. The van der Waals surface area contributed by atoms with Crippen molar-refractivity contribution >= 4 is 34.6 Å². The maximum atomic E-state index is 11.0. The lowest BCUT2D eigenvalue weighted by Crippen LogP contribution is -1.93. The molecule has 0 radical (unpaired) electrons. The van der Waals surface area contributed by atoms with Crippen molar-refractivity contribution in [1.82, 2.24) is 0 Å². The van der Waals surface area contributed by atoms with Crippen LogP contribution in [0.2, 0.25) is 0 Å². The molecule has 1 aromatic carbocycles. The summed E-state index contributed by atoms with van der Waals surface area (Å²) in [4.78, 5) is 23.7. The van der Waals surface area contributed by atoms with E-state index in [9.17, 15) is 9.59 Å². The number of rotatable bonds is 1. The summed E-state index contributed by atoms with van der Waals surface area (Å²) in [6.07, 6.45) is 1.21. The van der Waals surface area contributed by atoms with Gasteiger partial charge in [0.05, 0.1) is 0 Å². The molecule has 0 bridgehead atoms. The van der Waals surface area contributed by atoms with Gasteiger partial charge in [0.1, 0.15) is 0 Å². The summed E-state index contributed by atoms with van der Waals surface area (Å²) >= 11 is 2.07. The van der Waals surface area contributed by atoms with Crippen molar-refractivity contribution in [3.8, 4) is 0 Å².